The molecule has 0 bridgehead atoms. The van der Waals surface area contributed by atoms with Gasteiger partial charge in [0, 0.05) is 55.8 Å². The molecule has 1 unspecified atom stereocenters. The molecular weight excluding hydrogens is 633 g/mol. The van der Waals surface area contributed by atoms with Gasteiger partial charge in [0.05, 0.1) is 35.4 Å². The molecule has 1 atom stereocenters. The molecular formula is C30H40ClF3N6O4S. The van der Waals surface area contributed by atoms with Crippen LogP contribution in [0.25, 0.3) is 11.3 Å². The first-order valence-electron chi connectivity index (χ1n) is 15.1. The summed E-state index contributed by atoms with van der Waals surface area (Å²) < 4.78 is 71.4. The maximum Gasteiger partial charge on any atom is 0.511 e. The zero-order valence-electron chi connectivity index (χ0n) is 25.2. The fourth-order valence-electron chi connectivity index (χ4n) is 5.69. The Balaban J connectivity index is 1.22. The van der Waals surface area contributed by atoms with Crippen LogP contribution in [-0.4, -0.2) is 75.5 Å². The van der Waals surface area contributed by atoms with Crippen molar-refractivity contribution in [1.82, 2.24) is 20.0 Å². The first kappa shape index (κ1) is 35.3. The van der Waals surface area contributed by atoms with Gasteiger partial charge in [-0.1, -0.05) is 17.7 Å². The number of nitrogens with zero attached hydrogens (tertiary/aromatic N) is 3. The highest BCUT2D eigenvalue weighted by Crippen LogP contribution is 2.33. The van der Waals surface area contributed by atoms with Gasteiger partial charge in [-0.25, -0.2) is 18.1 Å². The summed E-state index contributed by atoms with van der Waals surface area (Å²) >= 11 is 6.55. The van der Waals surface area contributed by atoms with Crippen molar-refractivity contribution in [2.75, 3.05) is 44.8 Å². The van der Waals surface area contributed by atoms with Gasteiger partial charge >= 0.3 is 15.5 Å². The van der Waals surface area contributed by atoms with Crippen molar-refractivity contribution in [3.05, 3.63) is 41.2 Å². The molecule has 15 heteroatoms. The third kappa shape index (κ3) is 10.2. The summed E-state index contributed by atoms with van der Waals surface area (Å²) in [5.74, 6) is 1.14. The SMILES string of the molecule is CC(COCCNS(=O)(=O)C(F)(F)F)NC1CCC(Cc2cc(-c3cccc(NCC4(C#N)CCOCC4)n3)c(Cl)cn2)CC1. The molecule has 3 heterocycles. The van der Waals surface area contributed by atoms with E-state index >= 15 is 0 Å². The fraction of sp³-hybridized carbons (Fsp3) is 0.633. The van der Waals surface area contributed by atoms with Crippen LogP contribution in [0.15, 0.2) is 30.5 Å². The van der Waals surface area contributed by atoms with Crippen LogP contribution in [0.4, 0.5) is 19.0 Å². The second-order valence-corrected chi connectivity index (χ2v) is 14.0. The Hall–Kier alpha value is -2.54. The zero-order chi connectivity index (χ0) is 32.5. The van der Waals surface area contributed by atoms with Gasteiger partial charge in [-0.3, -0.25) is 4.98 Å². The second kappa shape index (κ2) is 15.8. The molecule has 0 amide bonds. The molecule has 0 radical (unpaired) electrons. The van der Waals surface area contributed by atoms with Gasteiger partial charge < -0.3 is 20.1 Å². The number of anilines is 1. The molecule has 4 rings (SSSR count). The standard InChI is InChI=1S/C30H40ClF3N6O4S/c1-21(18-44-14-11-38-45(41,42)30(32,33)34)39-23-7-5-22(6-8-23)15-24-16-25(26(31)17-36-24)27-3-2-4-28(40-27)37-20-29(19-35)9-12-43-13-10-29/h2-4,16-17,21-23,38-39H,5-15,18,20H2,1H3,(H,37,40). The van der Waals surface area contributed by atoms with Crippen molar-refractivity contribution in [1.29, 1.82) is 5.26 Å². The molecule has 2 fully saturated rings. The van der Waals surface area contributed by atoms with E-state index in [-0.39, 0.29) is 25.3 Å². The number of nitriles is 1. The van der Waals surface area contributed by atoms with Crippen molar-refractivity contribution in [3.8, 4) is 17.3 Å². The Morgan fingerprint density at radius 1 is 1.22 bits per heavy atom. The van der Waals surface area contributed by atoms with E-state index < -0.39 is 27.5 Å². The summed E-state index contributed by atoms with van der Waals surface area (Å²) in [6.07, 6.45) is 7.80. The van der Waals surface area contributed by atoms with E-state index in [0.717, 1.165) is 49.1 Å². The number of ether oxygens (including phenoxy) is 2. The molecule has 1 aliphatic heterocycles. The smallest absolute Gasteiger partial charge is 0.381 e. The predicted molar refractivity (Wildman–Crippen MR) is 165 cm³/mol. The van der Waals surface area contributed by atoms with Crippen LogP contribution >= 0.6 is 11.6 Å². The summed E-state index contributed by atoms with van der Waals surface area (Å²) in [4.78, 5) is 9.36. The summed E-state index contributed by atoms with van der Waals surface area (Å²) in [6, 6.07) is 10.4. The van der Waals surface area contributed by atoms with Crippen molar-refractivity contribution < 1.29 is 31.1 Å². The maximum absolute atomic E-state index is 12.4. The minimum absolute atomic E-state index is 0.0360. The summed E-state index contributed by atoms with van der Waals surface area (Å²) in [5, 5.41) is 17.1. The quantitative estimate of drug-likeness (QED) is 0.235. The number of aromatic nitrogens is 2. The molecule has 45 heavy (non-hydrogen) atoms. The first-order chi connectivity index (χ1) is 21.4. The number of hydrogen-bond donors (Lipinski definition) is 3. The molecule has 248 valence electrons. The Morgan fingerprint density at radius 2 is 1.96 bits per heavy atom. The van der Waals surface area contributed by atoms with Gasteiger partial charge in [-0.2, -0.15) is 18.4 Å². The molecule has 2 aromatic heterocycles. The van der Waals surface area contributed by atoms with Crippen LogP contribution in [0.2, 0.25) is 5.02 Å². The average Bonchev–Trinajstić information content (AvgIpc) is 3.02. The Labute approximate surface area is 267 Å². The lowest BCUT2D eigenvalue weighted by Gasteiger charge is -2.31. The number of alkyl halides is 3. The van der Waals surface area contributed by atoms with Gasteiger partial charge in [0.25, 0.3) is 0 Å². The van der Waals surface area contributed by atoms with Crippen LogP contribution in [0, 0.1) is 22.7 Å². The fourth-order valence-corrected chi connectivity index (χ4v) is 6.41. The molecule has 0 spiro atoms. The first-order valence-corrected chi connectivity index (χ1v) is 17.0. The van der Waals surface area contributed by atoms with E-state index in [9.17, 15) is 26.9 Å². The number of hydrogen-bond acceptors (Lipinski definition) is 9. The summed E-state index contributed by atoms with van der Waals surface area (Å²) in [7, 11) is -5.35. The maximum atomic E-state index is 12.4. The zero-order valence-corrected chi connectivity index (χ0v) is 26.8. The highest BCUT2D eigenvalue weighted by molar-refractivity contribution is 7.90. The number of nitrogens with one attached hydrogen (secondary N) is 3. The minimum Gasteiger partial charge on any atom is -0.381 e. The van der Waals surface area contributed by atoms with Crippen LogP contribution in [-0.2, 0) is 25.9 Å². The molecule has 1 saturated heterocycles. The average molecular weight is 673 g/mol. The van der Waals surface area contributed by atoms with Gasteiger partial charge in [0.1, 0.15) is 5.82 Å². The lowest BCUT2D eigenvalue weighted by atomic mass is 9.82. The largest absolute Gasteiger partial charge is 0.511 e. The second-order valence-electron chi connectivity index (χ2n) is 11.8. The molecule has 0 aromatic carbocycles. The van der Waals surface area contributed by atoms with Crippen molar-refractivity contribution in [2.24, 2.45) is 11.3 Å². The minimum atomic E-state index is -5.35. The lowest BCUT2D eigenvalue weighted by molar-refractivity contribution is -0.0449. The number of halogens is 4. The lowest BCUT2D eigenvalue weighted by Crippen LogP contribution is -2.42. The Kier molecular flexibility index (Phi) is 12.4. The van der Waals surface area contributed by atoms with Gasteiger partial charge in [0.15, 0.2) is 0 Å². The Morgan fingerprint density at radius 3 is 2.64 bits per heavy atom. The van der Waals surface area contributed by atoms with Crippen LogP contribution in [0.5, 0.6) is 0 Å². The summed E-state index contributed by atoms with van der Waals surface area (Å²) in [5.41, 5.74) is -3.32. The van der Waals surface area contributed by atoms with E-state index in [1.54, 1.807) is 6.20 Å². The molecule has 2 aliphatic rings. The number of sulfonamides is 1. The third-order valence-corrected chi connectivity index (χ3v) is 9.80. The van der Waals surface area contributed by atoms with E-state index in [0.29, 0.717) is 49.4 Å². The van der Waals surface area contributed by atoms with Gasteiger partial charge in [-0.05, 0) is 76.0 Å². The van der Waals surface area contributed by atoms with Crippen LogP contribution < -0.4 is 15.4 Å². The van der Waals surface area contributed by atoms with Gasteiger partial charge in [-0.15, -0.1) is 0 Å². The van der Waals surface area contributed by atoms with Crippen LogP contribution in [0.3, 0.4) is 0 Å². The van der Waals surface area contributed by atoms with Gasteiger partial charge in [0.2, 0.25) is 0 Å². The Bertz CT molecular complexity index is 1410. The summed E-state index contributed by atoms with van der Waals surface area (Å²) in [6.45, 7) is 3.24. The number of pyridine rings is 2. The highest BCUT2D eigenvalue weighted by atomic mass is 35.5. The predicted octanol–water partition coefficient (Wildman–Crippen LogP) is 5.06. The number of rotatable bonds is 14. The van der Waals surface area contributed by atoms with Crippen molar-refractivity contribution in [3.63, 3.8) is 0 Å². The van der Waals surface area contributed by atoms with E-state index in [1.807, 2.05) is 31.2 Å². The normalized spacial score (nSPS) is 21.2. The molecule has 2 aromatic rings. The highest BCUT2D eigenvalue weighted by Gasteiger charge is 2.45. The van der Waals surface area contributed by atoms with Crippen LogP contribution in [0.1, 0.15) is 51.1 Å². The molecule has 3 N–H and O–H groups in total. The topological polar surface area (TPSA) is 138 Å². The van der Waals surface area contributed by atoms with Crippen molar-refractivity contribution in [2.45, 2.75) is 69.5 Å². The van der Waals surface area contributed by atoms with Crippen molar-refractivity contribution >= 4 is 27.4 Å². The van der Waals surface area contributed by atoms with E-state index in [4.69, 9.17) is 26.1 Å². The van der Waals surface area contributed by atoms with E-state index in [2.05, 4.69) is 21.7 Å². The molecule has 1 aliphatic carbocycles. The monoisotopic (exact) mass is 672 g/mol. The molecule has 10 nitrogen and oxygen atoms in total. The van der Waals surface area contributed by atoms with E-state index in [1.165, 1.54) is 4.72 Å². The molecule has 1 saturated carbocycles. The third-order valence-electron chi connectivity index (χ3n) is 8.31.